The van der Waals surface area contributed by atoms with Gasteiger partial charge in [-0.1, -0.05) is 23.7 Å². The molecule has 0 aliphatic rings. The molecule has 0 radical (unpaired) electrons. The van der Waals surface area contributed by atoms with E-state index >= 15 is 0 Å². The van der Waals surface area contributed by atoms with Crippen LogP contribution in [0.2, 0.25) is 5.02 Å². The number of carbonyl (C=O) groups is 1. The minimum atomic E-state index is -0.762. The van der Waals surface area contributed by atoms with E-state index in [2.05, 4.69) is 10.6 Å². The smallest absolute Gasteiger partial charge is 0.271 e. The number of benzene rings is 3. The van der Waals surface area contributed by atoms with Gasteiger partial charge in [-0.3, -0.25) is 14.9 Å². The summed E-state index contributed by atoms with van der Waals surface area (Å²) in [7, 11) is 1.49. The van der Waals surface area contributed by atoms with Gasteiger partial charge in [-0.05, 0) is 37.3 Å². The van der Waals surface area contributed by atoms with E-state index in [0.29, 0.717) is 17.2 Å². The normalized spacial score (nSPS) is 11.4. The van der Waals surface area contributed by atoms with Crippen LogP contribution in [0.15, 0.2) is 60.7 Å². The molecule has 1 unspecified atom stereocenters. The lowest BCUT2D eigenvalue weighted by Crippen LogP contribution is -2.32. The number of non-ortho nitro benzene ring substituents is 1. The lowest BCUT2D eigenvalue weighted by molar-refractivity contribution is -0.384. The van der Waals surface area contributed by atoms with Crippen LogP contribution in [0.25, 0.3) is 0 Å². The maximum atomic E-state index is 14.5. The molecule has 3 aromatic rings. The van der Waals surface area contributed by atoms with Crippen molar-refractivity contribution in [2.45, 2.75) is 13.0 Å². The van der Waals surface area contributed by atoms with Crippen molar-refractivity contribution in [1.29, 1.82) is 0 Å². The molecule has 0 heterocycles. The molecule has 2 N–H and O–H groups in total. The van der Waals surface area contributed by atoms with Gasteiger partial charge < -0.3 is 20.1 Å². The van der Waals surface area contributed by atoms with E-state index in [1.54, 1.807) is 37.3 Å². The van der Waals surface area contributed by atoms with Crippen LogP contribution in [0.1, 0.15) is 6.92 Å². The molecule has 0 fully saturated rings. The fourth-order valence-electron chi connectivity index (χ4n) is 2.77. The third-order valence-corrected chi connectivity index (χ3v) is 4.73. The van der Waals surface area contributed by atoms with Crippen molar-refractivity contribution in [3.05, 3.63) is 81.6 Å². The molecular weight excluding hydrogens is 441 g/mol. The number of carbonyl (C=O) groups excluding carboxylic acids is 1. The van der Waals surface area contributed by atoms with E-state index in [4.69, 9.17) is 21.1 Å². The number of amides is 1. The maximum Gasteiger partial charge on any atom is 0.271 e. The Hall–Kier alpha value is -3.85. The molecule has 1 atom stereocenters. The first-order valence-corrected chi connectivity index (χ1v) is 9.78. The fourth-order valence-corrected chi connectivity index (χ4v) is 2.99. The molecule has 32 heavy (non-hydrogen) atoms. The largest absolute Gasteiger partial charge is 0.493 e. The highest BCUT2D eigenvalue weighted by Gasteiger charge is 2.17. The lowest BCUT2D eigenvalue weighted by atomic mass is 10.2. The predicted octanol–water partition coefficient (Wildman–Crippen LogP) is 5.63. The molecule has 0 bridgehead atoms. The van der Waals surface area contributed by atoms with Crippen molar-refractivity contribution in [2.24, 2.45) is 0 Å². The molecule has 166 valence electrons. The van der Waals surface area contributed by atoms with Crippen LogP contribution in [0.3, 0.4) is 0 Å². The molecule has 3 rings (SSSR count). The van der Waals surface area contributed by atoms with Crippen molar-refractivity contribution in [2.75, 3.05) is 17.7 Å². The van der Waals surface area contributed by atoms with Gasteiger partial charge in [0, 0.05) is 23.9 Å². The molecule has 0 aliphatic heterocycles. The minimum absolute atomic E-state index is 0.00480. The Labute approximate surface area is 188 Å². The Kier molecular flexibility index (Phi) is 7.11. The molecule has 0 aromatic heterocycles. The number of nitro benzene ring substituents is 1. The number of nitrogens with one attached hydrogen (secondary N) is 2. The zero-order valence-electron chi connectivity index (χ0n) is 17.1. The average molecular weight is 460 g/mol. The van der Waals surface area contributed by atoms with Crippen molar-refractivity contribution >= 4 is 34.6 Å². The number of ether oxygens (including phenoxy) is 2. The molecule has 10 heteroatoms. The number of hydrogen-bond acceptors (Lipinski definition) is 6. The predicted molar refractivity (Wildman–Crippen MR) is 119 cm³/mol. The van der Waals surface area contributed by atoms with Gasteiger partial charge in [0.2, 0.25) is 5.91 Å². The quantitative estimate of drug-likeness (QED) is 0.334. The number of nitrogens with zero attached hydrogens (tertiary/aromatic N) is 1. The third-order valence-electron chi connectivity index (χ3n) is 4.42. The van der Waals surface area contributed by atoms with Gasteiger partial charge >= 0.3 is 0 Å². The molecule has 8 nitrogen and oxygen atoms in total. The third kappa shape index (κ3) is 5.44. The SMILES string of the molecule is COc1ccccc1Oc1ccc(NC(C)C(=O)Nc2ccc([N+](=O)[O-])cc2Cl)cc1F. The van der Waals surface area contributed by atoms with Crippen LogP contribution in [-0.2, 0) is 4.79 Å². The summed E-state index contributed by atoms with van der Waals surface area (Å²) in [5.41, 5.74) is 0.389. The van der Waals surface area contributed by atoms with Crippen LogP contribution in [0.5, 0.6) is 17.2 Å². The van der Waals surface area contributed by atoms with Crippen molar-refractivity contribution in [1.82, 2.24) is 0 Å². The molecule has 0 saturated carbocycles. The van der Waals surface area contributed by atoms with E-state index in [1.165, 1.54) is 31.4 Å². The minimum Gasteiger partial charge on any atom is -0.493 e. The summed E-state index contributed by atoms with van der Waals surface area (Å²) in [6.07, 6.45) is 0. The summed E-state index contributed by atoms with van der Waals surface area (Å²) in [6, 6.07) is 14.0. The van der Waals surface area contributed by atoms with Gasteiger partial charge in [0.05, 0.1) is 22.7 Å². The topological polar surface area (TPSA) is 103 Å². The number of anilines is 2. The highest BCUT2D eigenvalue weighted by Crippen LogP contribution is 2.33. The van der Waals surface area contributed by atoms with Crippen LogP contribution >= 0.6 is 11.6 Å². The van der Waals surface area contributed by atoms with Gasteiger partial charge in [-0.2, -0.15) is 0 Å². The number of hydrogen-bond donors (Lipinski definition) is 2. The molecule has 0 aliphatic carbocycles. The first kappa shape index (κ1) is 22.8. The molecular formula is C22H19ClFN3O5. The fraction of sp³-hybridized carbons (Fsp3) is 0.136. The highest BCUT2D eigenvalue weighted by atomic mass is 35.5. The Morgan fingerprint density at radius 2 is 1.81 bits per heavy atom. The van der Waals surface area contributed by atoms with Crippen molar-refractivity contribution < 1.29 is 23.6 Å². The van der Waals surface area contributed by atoms with E-state index in [-0.39, 0.29) is 22.1 Å². The first-order valence-electron chi connectivity index (χ1n) is 9.40. The Bertz CT molecular complexity index is 1160. The van der Waals surface area contributed by atoms with Gasteiger partial charge in [0.25, 0.3) is 5.69 Å². The Balaban J connectivity index is 1.66. The molecule has 3 aromatic carbocycles. The van der Waals surface area contributed by atoms with Gasteiger partial charge in [0.15, 0.2) is 23.1 Å². The summed E-state index contributed by atoms with van der Waals surface area (Å²) in [5.74, 6) is -0.274. The monoisotopic (exact) mass is 459 g/mol. The summed E-state index contributed by atoms with van der Waals surface area (Å²) >= 11 is 6.00. The van der Waals surface area contributed by atoms with E-state index in [0.717, 1.165) is 6.07 Å². The summed E-state index contributed by atoms with van der Waals surface area (Å²) < 4.78 is 25.3. The van der Waals surface area contributed by atoms with Gasteiger partial charge in [-0.15, -0.1) is 0 Å². The Morgan fingerprint density at radius 3 is 2.44 bits per heavy atom. The van der Waals surface area contributed by atoms with Crippen molar-refractivity contribution in [3.63, 3.8) is 0 Å². The standard InChI is InChI=1S/C22H19ClFN3O5/c1-13(22(28)26-18-9-8-15(27(29)30)12-16(18)23)25-14-7-10-19(17(24)11-14)32-21-6-4-3-5-20(21)31-2/h3-13,25H,1-2H3,(H,26,28). The second-order valence-corrected chi connectivity index (χ2v) is 7.08. The van der Waals surface area contributed by atoms with E-state index < -0.39 is 22.7 Å². The Morgan fingerprint density at radius 1 is 1.09 bits per heavy atom. The number of halogens is 2. The van der Waals surface area contributed by atoms with Crippen LogP contribution in [0, 0.1) is 15.9 Å². The maximum absolute atomic E-state index is 14.5. The number of para-hydroxylation sites is 2. The summed E-state index contributed by atoms with van der Waals surface area (Å²) in [6.45, 7) is 1.58. The number of rotatable bonds is 8. The highest BCUT2D eigenvalue weighted by molar-refractivity contribution is 6.34. The molecule has 1 amide bonds. The second kappa shape index (κ2) is 9.97. The first-order chi connectivity index (χ1) is 15.3. The average Bonchev–Trinajstić information content (AvgIpc) is 2.77. The van der Waals surface area contributed by atoms with E-state index in [1.807, 2.05) is 0 Å². The van der Waals surface area contributed by atoms with Crippen LogP contribution in [-0.4, -0.2) is 24.0 Å². The summed E-state index contributed by atoms with van der Waals surface area (Å²) in [4.78, 5) is 22.7. The second-order valence-electron chi connectivity index (χ2n) is 6.67. The zero-order chi connectivity index (χ0) is 23.3. The number of nitro groups is 1. The van der Waals surface area contributed by atoms with E-state index in [9.17, 15) is 19.3 Å². The number of methoxy groups -OCH3 is 1. The zero-order valence-corrected chi connectivity index (χ0v) is 17.9. The summed E-state index contributed by atoms with van der Waals surface area (Å²) in [5, 5.41) is 16.3. The van der Waals surface area contributed by atoms with Crippen LogP contribution in [0.4, 0.5) is 21.5 Å². The van der Waals surface area contributed by atoms with Crippen LogP contribution < -0.4 is 20.1 Å². The molecule has 0 spiro atoms. The molecule has 0 saturated heterocycles. The van der Waals surface area contributed by atoms with Gasteiger partial charge in [0.1, 0.15) is 6.04 Å². The van der Waals surface area contributed by atoms with Gasteiger partial charge in [-0.25, -0.2) is 4.39 Å². The van der Waals surface area contributed by atoms with Crippen molar-refractivity contribution in [3.8, 4) is 17.2 Å². The lowest BCUT2D eigenvalue weighted by Gasteiger charge is -2.17.